The summed E-state index contributed by atoms with van der Waals surface area (Å²) in [7, 11) is -3.54. The van der Waals surface area contributed by atoms with Crippen molar-refractivity contribution in [3.63, 3.8) is 0 Å². The van der Waals surface area contributed by atoms with Crippen molar-refractivity contribution in [1.29, 1.82) is 0 Å². The molecule has 0 aliphatic rings. The molecular formula is C27H38ClN3O4S. The molecule has 0 radical (unpaired) electrons. The van der Waals surface area contributed by atoms with Crippen molar-refractivity contribution < 1.29 is 18.0 Å². The van der Waals surface area contributed by atoms with Crippen molar-refractivity contribution in [1.82, 2.24) is 10.2 Å². The largest absolute Gasteiger partial charge is 0.350 e. The highest BCUT2D eigenvalue weighted by atomic mass is 35.5. The highest BCUT2D eigenvalue weighted by Crippen LogP contribution is 2.22. The first kappa shape index (κ1) is 29.6. The van der Waals surface area contributed by atoms with Gasteiger partial charge in [0.25, 0.3) is 0 Å². The van der Waals surface area contributed by atoms with Gasteiger partial charge in [0, 0.05) is 30.1 Å². The van der Waals surface area contributed by atoms with Crippen LogP contribution in [0.3, 0.4) is 0 Å². The number of hydrogen-bond donors (Lipinski definition) is 1. The molecule has 198 valence electrons. The maximum Gasteiger partial charge on any atom is 0.242 e. The van der Waals surface area contributed by atoms with E-state index in [1.165, 1.54) is 9.21 Å². The fourth-order valence-electron chi connectivity index (χ4n) is 3.77. The van der Waals surface area contributed by atoms with Gasteiger partial charge in [-0.1, -0.05) is 29.8 Å². The Morgan fingerprint density at radius 3 is 2.28 bits per heavy atom. The number of rotatable bonds is 10. The van der Waals surface area contributed by atoms with Crippen molar-refractivity contribution in [3.8, 4) is 0 Å². The smallest absolute Gasteiger partial charge is 0.242 e. The number of nitrogens with one attached hydrogen (secondary N) is 1. The average molecular weight is 536 g/mol. The van der Waals surface area contributed by atoms with Gasteiger partial charge in [-0.05, 0) is 88.9 Å². The Labute approximate surface area is 220 Å². The number of benzene rings is 2. The van der Waals surface area contributed by atoms with Crippen LogP contribution < -0.4 is 9.62 Å². The van der Waals surface area contributed by atoms with Gasteiger partial charge in [0.05, 0.1) is 11.9 Å². The van der Waals surface area contributed by atoms with Crippen molar-refractivity contribution in [2.24, 2.45) is 0 Å². The molecule has 0 aliphatic heterocycles. The van der Waals surface area contributed by atoms with E-state index in [0.717, 1.165) is 22.9 Å². The first-order valence-electron chi connectivity index (χ1n) is 12.0. The van der Waals surface area contributed by atoms with E-state index in [1.807, 2.05) is 52.8 Å². The first-order valence-corrected chi connectivity index (χ1v) is 14.2. The van der Waals surface area contributed by atoms with Crippen LogP contribution in [0.15, 0.2) is 42.5 Å². The lowest BCUT2D eigenvalue weighted by Gasteiger charge is -2.32. The SMILES string of the molecule is Cc1ccc(N(CCCC(=O)N(Cc2cccc(Cl)c2)[C@H](C)C(=O)NC(C)(C)C)S(C)(=O)=O)cc1C. The predicted molar refractivity (Wildman–Crippen MR) is 147 cm³/mol. The minimum absolute atomic E-state index is 0.0879. The van der Waals surface area contributed by atoms with E-state index in [0.29, 0.717) is 17.1 Å². The molecule has 0 unspecified atom stereocenters. The topological polar surface area (TPSA) is 86.8 Å². The van der Waals surface area contributed by atoms with Crippen LogP contribution in [0.5, 0.6) is 0 Å². The molecule has 0 spiro atoms. The molecular weight excluding hydrogens is 498 g/mol. The van der Waals surface area contributed by atoms with Crippen molar-refractivity contribution in [2.45, 2.75) is 72.5 Å². The van der Waals surface area contributed by atoms with Crippen molar-refractivity contribution in [2.75, 3.05) is 17.1 Å². The van der Waals surface area contributed by atoms with Crippen LogP contribution in [-0.4, -0.2) is 49.5 Å². The second-order valence-electron chi connectivity index (χ2n) is 10.3. The summed E-state index contributed by atoms with van der Waals surface area (Å²) in [6.45, 7) is 11.6. The number of carbonyl (C=O) groups is 2. The van der Waals surface area contributed by atoms with Gasteiger partial charge in [0.1, 0.15) is 6.04 Å². The number of aryl methyl sites for hydroxylation is 2. The van der Waals surface area contributed by atoms with Gasteiger partial charge in [0.2, 0.25) is 21.8 Å². The molecule has 36 heavy (non-hydrogen) atoms. The molecule has 0 fully saturated rings. The molecule has 0 saturated carbocycles. The molecule has 0 aromatic heterocycles. The summed E-state index contributed by atoms with van der Waals surface area (Å²) in [5.74, 6) is -0.495. The summed E-state index contributed by atoms with van der Waals surface area (Å²) < 4.78 is 26.3. The average Bonchev–Trinajstić information content (AvgIpc) is 2.74. The molecule has 0 saturated heterocycles. The zero-order valence-electron chi connectivity index (χ0n) is 22.3. The van der Waals surface area contributed by atoms with Crippen molar-refractivity contribution >= 4 is 39.1 Å². The third-order valence-corrected chi connectivity index (χ3v) is 7.27. The highest BCUT2D eigenvalue weighted by Gasteiger charge is 2.28. The lowest BCUT2D eigenvalue weighted by atomic mass is 10.1. The standard InChI is InChI=1S/C27H38ClN3O4S/c1-19-13-14-24(16-20(19)2)31(36(7,34)35)15-9-12-25(32)30(18-22-10-8-11-23(28)17-22)21(3)26(33)29-27(4,5)6/h8,10-11,13-14,16-17,21H,9,12,15,18H2,1-7H3,(H,29,33)/t21-/m1/s1. The van der Waals surface area contributed by atoms with Crippen LogP contribution in [0.25, 0.3) is 0 Å². The van der Waals surface area contributed by atoms with Gasteiger partial charge in [-0.25, -0.2) is 8.42 Å². The second kappa shape index (κ2) is 12.1. The molecule has 2 rings (SSSR count). The van der Waals surface area contributed by atoms with Gasteiger partial charge >= 0.3 is 0 Å². The highest BCUT2D eigenvalue weighted by molar-refractivity contribution is 7.92. The van der Waals surface area contributed by atoms with Gasteiger partial charge in [-0.3, -0.25) is 13.9 Å². The van der Waals surface area contributed by atoms with Crippen LogP contribution in [0.2, 0.25) is 5.02 Å². The quantitative estimate of drug-likeness (QED) is 0.472. The van der Waals surface area contributed by atoms with Crippen LogP contribution in [0.4, 0.5) is 5.69 Å². The minimum Gasteiger partial charge on any atom is -0.350 e. The fraction of sp³-hybridized carbons (Fsp3) is 0.481. The van der Waals surface area contributed by atoms with E-state index in [9.17, 15) is 18.0 Å². The Morgan fingerprint density at radius 2 is 1.72 bits per heavy atom. The van der Waals surface area contributed by atoms with E-state index >= 15 is 0 Å². The molecule has 0 aliphatic carbocycles. The van der Waals surface area contributed by atoms with E-state index < -0.39 is 21.6 Å². The number of sulfonamides is 1. The summed E-state index contributed by atoms with van der Waals surface area (Å²) in [4.78, 5) is 27.8. The van der Waals surface area contributed by atoms with E-state index in [-0.39, 0.29) is 31.3 Å². The molecule has 9 heteroatoms. The zero-order chi connectivity index (χ0) is 27.3. The number of hydrogen-bond acceptors (Lipinski definition) is 4. The molecule has 7 nitrogen and oxygen atoms in total. The minimum atomic E-state index is -3.54. The Balaban J connectivity index is 2.21. The normalized spacial score (nSPS) is 12.7. The molecule has 2 aromatic rings. The lowest BCUT2D eigenvalue weighted by Crippen LogP contribution is -2.52. The number of carbonyl (C=O) groups excluding carboxylic acids is 2. The Morgan fingerprint density at radius 1 is 1.06 bits per heavy atom. The number of halogens is 1. The molecule has 1 atom stereocenters. The van der Waals surface area contributed by atoms with Gasteiger partial charge < -0.3 is 10.2 Å². The monoisotopic (exact) mass is 535 g/mol. The number of anilines is 1. The lowest BCUT2D eigenvalue weighted by molar-refractivity contribution is -0.141. The van der Waals surface area contributed by atoms with E-state index in [2.05, 4.69) is 5.32 Å². The van der Waals surface area contributed by atoms with Crippen LogP contribution >= 0.6 is 11.6 Å². The summed E-state index contributed by atoms with van der Waals surface area (Å²) in [5.41, 5.74) is 2.99. The Kier molecular flexibility index (Phi) is 9.97. The summed E-state index contributed by atoms with van der Waals surface area (Å²) >= 11 is 6.13. The number of amides is 2. The molecule has 1 N–H and O–H groups in total. The third kappa shape index (κ3) is 8.82. The van der Waals surface area contributed by atoms with E-state index in [4.69, 9.17) is 11.6 Å². The maximum atomic E-state index is 13.4. The Hall–Kier alpha value is -2.58. The molecule has 0 heterocycles. The summed E-state index contributed by atoms with van der Waals surface area (Å²) in [6.07, 6.45) is 1.55. The first-order chi connectivity index (χ1) is 16.6. The van der Waals surface area contributed by atoms with Gasteiger partial charge in [-0.2, -0.15) is 0 Å². The zero-order valence-corrected chi connectivity index (χ0v) is 23.8. The maximum absolute atomic E-state index is 13.4. The second-order valence-corrected chi connectivity index (χ2v) is 12.6. The molecule has 0 bridgehead atoms. The molecule has 2 aromatic carbocycles. The van der Waals surface area contributed by atoms with Crippen molar-refractivity contribution in [3.05, 3.63) is 64.2 Å². The predicted octanol–water partition coefficient (Wildman–Crippen LogP) is 4.84. The summed E-state index contributed by atoms with van der Waals surface area (Å²) in [6, 6.07) is 11.9. The third-order valence-electron chi connectivity index (χ3n) is 5.84. The van der Waals surface area contributed by atoms with E-state index in [1.54, 1.807) is 31.2 Å². The number of nitrogens with zero attached hydrogens (tertiary/aromatic N) is 2. The van der Waals surface area contributed by atoms with Gasteiger partial charge in [0.15, 0.2) is 0 Å². The summed E-state index contributed by atoms with van der Waals surface area (Å²) in [5, 5.41) is 3.48. The molecule has 2 amide bonds. The van der Waals surface area contributed by atoms with Crippen LogP contribution in [-0.2, 0) is 26.2 Å². The van der Waals surface area contributed by atoms with Crippen LogP contribution in [0, 0.1) is 13.8 Å². The van der Waals surface area contributed by atoms with Gasteiger partial charge in [-0.15, -0.1) is 0 Å². The Bertz CT molecular complexity index is 1190. The fourth-order valence-corrected chi connectivity index (χ4v) is 4.94. The van der Waals surface area contributed by atoms with Crippen LogP contribution in [0.1, 0.15) is 57.2 Å².